The molecule has 1 heterocycles. The Hall–Kier alpha value is -0.0400. The van der Waals surface area contributed by atoms with Gasteiger partial charge in [-0.05, 0) is 31.1 Å². The topological polar surface area (TPSA) is 21.9 Å². The van der Waals surface area contributed by atoms with Crippen molar-refractivity contribution in [2.75, 3.05) is 6.54 Å². The van der Waals surface area contributed by atoms with Crippen LogP contribution in [-0.2, 0) is 0 Å². The summed E-state index contributed by atoms with van der Waals surface area (Å²) in [6.45, 7) is 3.67. The van der Waals surface area contributed by atoms with Crippen molar-refractivity contribution < 1.29 is 0 Å². The standard InChI is InChI=1S/C11H21N/c1-9-6-10(7-9)4-2-3-5-11-8-12-11/h9-12H,2-8H2,1H3. The van der Waals surface area contributed by atoms with E-state index < -0.39 is 0 Å². The first kappa shape index (κ1) is 8.55. The zero-order chi connectivity index (χ0) is 8.39. The van der Waals surface area contributed by atoms with E-state index in [0.29, 0.717) is 0 Å². The fraction of sp³-hybridized carbons (Fsp3) is 1.00. The van der Waals surface area contributed by atoms with Crippen LogP contribution in [0.4, 0.5) is 0 Å². The van der Waals surface area contributed by atoms with Crippen LogP contribution in [0.5, 0.6) is 0 Å². The molecule has 2 rings (SSSR count). The molecule has 12 heavy (non-hydrogen) atoms. The van der Waals surface area contributed by atoms with Gasteiger partial charge in [0, 0.05) is 12.6 Å². The second-order valence-electron chi connectivity index (χ2n) is 4.83. The third kappa shape index (κ3) is 2.48. The molecule has 1 unspecified atom stereocenters. The predicted octanol–water partition coefficient (Wildman–Crippen LogP) is 2.56. The van der Waals surface area contributed by atoms with Crippen molar-refractivity contribution in [1.82, 2.24) is 5.32 Å². The van der Waals surface area contributed by atoms with Crippen LogP contribution < -0.4 is 5.32 Å². The van der Waals surface area contributed by atoms with Gasteiger partial charge in [-0.25, -0.2) is 0 Å². The van der Waals surface area contributed by atoms with E-state index in [1.54, 1.807) is 0 Å². The molecule has 0 spiro atoms. The van der Waals surface area contributed by atoms with Crippen molar-refractivity contribution in [3.05, 3.63) is 0 Å². The molecule has 1 aliphatic carbocycles. The highest BCUT2D eigenvalue weighted by molar-refractivity contribution is 4.83. The lowest BCUT2D eigenvalue weighted by Gasteiger charge is -2.32. The highest BCUT2D eigenvalue weighted by Gasteiger charge is 2.24. The van der Waals surface area contributed by atoms with Crippen molar-refractivity contribution in [3.8, 4) is 0 Å². The quantitative estimate of drug-likeness (QED) is 0.493. The number of hydrogen-bond donors (Lipinski definition) is 1. The van der Waals surface area contributed by atoms with E-state index in [1.807, 2.05) is 0 Å². The van der Waals surface area contributed by atoms with Gasteiger partial charge in [0.15, 0.2) is 0 Å². The van der Waals surface area contributed by atoms with Crippen molar-refractivity contribution in [1.29, 1.82) is 0 Å². The zero-order valence-corrected chi connectivity index (χ0v) is 8.18. The normalized spacial score (nSPS) is 39.2. The van der Waals surface area contributed by atoms with E-state index in [-0.39, 0.29) is 0 Å². The number of rotatable bonds is 5. The van der Waals surface area contributed by atoms with Gasteiger partial charge in [0.05, 0.1) is 0 Å². The molecule has 1 saturated heterocycles. The molecule has 1 aliphatic heterocycles. The molecule has 0 radical (unpaired) electrons. The largest absolute Gasteiger partial charge is 0.311 e. The Labute approximate surface area is 75.9 Å². The minimum atomic E-state index is 0.908. The molecule has 0 aromatic carbocycles. The van der Waals surface area contributed by atoms with E-state index >= 15 is 0 Å². The van der Waals surface area contributed by atoms with Gasteiger partial charge in [0.25, 0.3) is 0 Å². The van der Waals surface area contributed by atoms with Gasteiger partial charge in [-0.1, -0.05) is 26.2 Å². The number of nitrogens with one attached hydrogen (secondary N) is 1. The van der Waals surface area contributed by atoms with E-state index in [4.69, 9.17) is 0 Å². The van der Waals surface area contributed by atoms with Crippen LogP contribution in [0.3, 0.4) is 0 Å². The first-order chi connectivity index (χ1) is 5.84. The smallest absolute Gasteiger partial charge is 0.0193 e. The summed E-state index contributed by atoms with van der Waals surface area (Å²) in [5, 5.41) is 3.36. The lowest BCUT2D eigenvalue weighted by Crippen LogP contribution is -2.20. The van der Waals surface area contributed by atoms with Crippen molar-refractivity contribution in [2.45, 2.75) is 51.5 Å². The van der Waals surface area contributed by atoms with Crippen LogP contribution in [0.2, 0.25) is 0 Å². The molecule has 2 aliphatic rings. The lowest BCUT2D eigenvalue weighted by atomic mass is 9.74. The summed E-state index contributed by atoms with van der Waals surface area (Å²) in [6.07, 6.45) is 8.92. The fourth-order valence-electron chi connectivity index (χ4n) is 2.42. The fourth-order valence-corrected chi connectivity index (χ4v) is 2.42. The van der Waals surface area contributed by atoms with E-state index in [0.717, 1.165) is 17.9 Å². The van der Waals surface area contributed by atoms with Crippen LogP contribution in [0.1, 0.15) is 45.4 Å². The average molecular weight is 167 g/mol. The van der Waals surface area contributed by atoms with Gasteiger partial charge in [0.1, 0.15) is 0 Å². The summed E-state index contributed by atoms with van der Waals surface area (Å²) in [6, 6.07) is 0.908. The minimum absolute atomic E-state index is 0.908. The lowest BCUT2D eigenvalue weighted by molar-refractivity contribution is 0.195. The maximum atomic E-state index is 3.36. The Balaban J connectivity index is 1.41. The summed E-state index contributed by atoms with van der Waals surface area (Å²) >= 11 is 0. The van der Waals surface area contributed by atoms with Crippen LogP contribution >= 0.6 is 0 Å². The molecule has 2 fully saturated rings. The molecule has 1 N–H and O–H groups in total. The Morgan fingerprint density at radius 2 is 1.83 bits per heavy atom. The van der Waals surface area contributed by atoms with Crippen molar-refractivity contribution in [3.63, 3.8) is 0 Å². The summed E-state index contributed by atoms with van der Waals surface area (Å²) in [5.41, 5.74) is 0. The van der Waals surface area contributed by atoms with Gasteiger partial charge in [-0.2, -0.15) is 0 Å². The molecular weight excluding hydrogens is 146 g/mol. The molecule has 0 aromatic heterocycles. The molecule has 0 amide bonds. The van der Waals surface area contributed by atoms with Gasteiger partial charge < -0.3 is 5.32 Å². The molecule has 0 aromatic rings. The van der Waals surface area contributed by atoms with Crippen LogP contribution in [0.25, 0.3) is 0 Å². The molecule has 0 bridgehead atoms. The summed E-state index contributed by atoms with van der Waals surface area (Å²) in [4.78, 5) is 0. The monoisotopic (exact) mass is 167 g/mol. The van der Waals surface area contributed by atoms with Gasteiger partial charge in [-0.15, -0.1) is 0 Å². The van der Waals surface area contributed by atoms with Crippen molar-refractivity contribution in [2.24, 2.45) is 11.8 Å². The maximum absolute atomic E-state index is 3.36. The van der Waals surface area contributed by atoms with Gasteiger partial charge in [0.2, 0.25) is 0 Å². The minimum Gasteiger partial charge on any atom is -0.311 e. The van der Waals surface area contributed by atoms with Gasteiger partial charge >= 0.3 is 0 Å². The van der Waals surface area contributed by atoms with E-state index in [9.17, 15) is 0 Å². The highest BCUT2D eigenvalue weighted by atomic mass is 15.1. The SMILES string of the molecule is CC1CC(CCCCC2CN2)C1. The predicted molar refractivity (Wildman–Crippen MR) is 52.1 cm³/mol. The zero-order valence-electron chi connectivity index (χ0n) is 8.18. The first-order valence-electron chi connectivity index (χ1n) is 5.58. The summed E-state index contributed by atoms with van der Waals surface area (Å²) in [5.74, 6) is 2.15. The highest BCUT2D eigenvalue weighted by Crippen LogP contribution is 2.36. The molecule has 1 atom stereocenters. The molecule has 1 nitrogen and oxygen atoms in total. The molecule has 1 saturated carbocycles. The molecule has 1 heteroatoms. The second-order valence-corrected chi connectivity index (χ2v) is 4.83. The average Bonchev–Trinajstić information content (AvgIpc) is 2.77. The third-order valence-corrected chi connectivity index (χ3v) is 3.38. The van der Waals surface area contributed by atoms with E-state index in [1.165, 1.54) is 45.1 Å². The second kappa shape index (κ2) is 3.78. The van der Waals surface area contributed by atoms with Gasteiger partial charge in [-0.3, -0.25) is 0 Å². The van der Waals surface area contributed by atoms with Crippen molar-refractivity contribution >= 4 is 0 Å². The Morgan fingerprint density at radius 1 is 1.17 bits per heavy atom. The Bertz CT molecular complexity index is 134. The first-order valence-corrected chi connectivity index (χ1v) is 5.58. The van der Waals surface area contributed by atoms with E-state index in [2.05, 4.69) is 12.2 Å². The Kier molecular flexibility index (Phi) is 2.69. The third-order valence-electron chi connectivity index (χ3n) is 3.38. The summed E-state index contributed by atoms with van der Waals surface area (Å²) < 4.78 is 0. The molecule has 70 valence electrons. The number of hydrogen-bond acceptors (Lipinski definition) is 1. The van der Waals surface area contributed by atoms with Crippen LogP contribution in [-0.4, -0.2) is 12.6 Å². The number of unbranched alkanes of at least 4 members (excludes halogenated alkanes) is 1. The van der Waals surface area contributed by atoms with Crippen LogP contribution in [0, 0.1) is 11.8 Å². The Morgan fingerprint density at radius 3 is 2.42 bits per heavy atom. The van der Waals surface area contributed by atoms with Crippen LogP contribution in [0.15, 0.2) is 0 Å². The maximum Gasteiger partial charge on any atom is 0.0193 e. The summed E-state index contributed by atoms with van der Waals surface area (Å²) in [7, 11) is 0. The molecular formula is C11H21N.